The van der Waals surface area contributed by atoms with Crippen molar-refractivity contribution in [3.63, 3.8) is 0 Å². The van der Waals surface area contributed by atoms with Crippen LogP contribution in [0.2, 0.25) is 5.02 Å². The van der Waals surface area contributed by atoms with Gasteiger partial charge < -0.3 is 11.1 Å². The van der Waals surface area contributed by atoms with E-state index >= 15 is 0 Å². The van der Waals surface area contributed by atoms with Crippen molar-refractivity contribution in [2.75, 3.05) is 26.2 Å². The summed E-state index contributed by atoms with van der Waals surface area (Å²) in [6.45, 7) is 2.83. The maximum Gasteiger partial charge on any atom is 0.234 e. The van der Waals surface area contributed by atoms with Crippen LogP contribution >= 0.6 is 11.6 Å². The molecule has 0 unspecified atom stereocenters. The van der Waals surface area contributed by atoms with Crippen LogP contribution in [0.15, 0.2) is 24.3 Å². The van der Waals surface area contributed by atoms with Crippen molar-refractivity contribution in [1.29, 1.82) is 0 Å². The summed E-state index contributed by atoms with van der Waals surface area (Å²) in [7, 11) is 0. The highest BCUT2D eigenvalue weighted by molar-refractivity contribution is 6.30. The molecule has 3 N–H and O–H groups in total. The van der Waals surface area contributed by atoms with Crippen LogP contribution in [0.1, 0.15) is 12.0 Å². The van der Waals surface area contributed by atoms with Gasteiger partial charge in [-0.15, -0.1) is 0 Å². The molecule has 1 aromatic carbocycles. The van der Waals surface area contributed by atoms with E-state index in [1.54, 1.807) is 0 Å². The molecule has 2 rings (SSSR count). The van der Waals surface area contributed by atoms with Crippen molar-refractivity contribution in [1.82, 2.24) is 10.2 Å². The number of carbonyl (C=O) groups is 1. The Morgan fingerprint density at radius 1 is 1.53 bits per heavy atom. The summed E-state index contributed by atoms with van der Waals surface area (Å²) in [6.07, 6.45) is 1.78. The van der Waals surface area contributed by atoms with Crippen molar-refractivity contribution >= 4 is 17.5 Å². The minimum absolute atomic E-state index is 0.0659. The molecule has 1 atom stereocenters. The van der Waals surface area contributed by atoms with Gasteiger partial charge in [0.1, 0.15) is 0 Å². The largest absolute Gasteiger partial charge is 0.355 e. The Kier molecular flexibility index (Phi) is 5.19. The molecule has 0 radical (unpaired) electrons. The molecule has 1 heterocycles. The highest BCUT2D eigenvalue weighted by Gasteiger charge is 2.20. The van der Waals surface area contributed by atoms with Crippen molar-refractivity contribution < 1.29 is 4.79 Å². The summed E-state index contributed by atoms with van der Waals surface area (Å²) in [5.41, 5.74) is 6.94. The fourth-order valence-electron chi connectivity index (χ4n) is 2.30. The zero-order valence-electron chi connectivity index (χ0n) is 10.9. The van der Waals surface area contributed by atoms with Gasteiger partial charge in [-0.05, 0) is 30.5 Å². The second kappa shape index (κ2) is 6.89. The summed E-state index contributed by atoms with van der Waals surface area (Å²) < 4.78 is 0. The van der Waals surface area contributed by atoms with E-state index in [-0.39, 0.29) is 11.9 Å². The number of carbonyl (C=O) groups excluding carboxylic acids is 1. The number of hydrogen-bond acceptors (Lipinski definition) is 3. The van der Waals surface area contributed by atoms with Gasteiger partial charge in [0.2, 0.25) is 5.91 Å². The topological polar surface area (TPSA) is 58.4 Å². The molecule has 0 spiro atoms. The Labute approximate surface area is 118 Å². The standard InChI is InChI=1S/C14H20ClN3O/c15-12-3-1-2-11(8-12)4-6-17-14(19)10-18-7-5-13(16)9-18/h1-3,8,13H,4-7,9-10,16H2,(H,17,19)/t13-/m1/s1. The number of amides is 1. The van der Waals surface area contributed by atoms with Gasteiger partial charge in [0, 0.05) is 30.7 Å². The van der Waals surface area contributed by atoms with Crippen molar-refractivity contribution in [2.24, 2.45) is 5.73 Å². The molecule has 1 aliphatic heterocycles. The maximum absolute atomic E-state index is 11.7. The number of nitrogens with zero attached hydrogens (tertiary/aromatic N) is 1. The third-order valence-corrected chi connectivity index (χ3v) is 3.54. The van der Waals surface area contributed by atoms with E-state index in [9.17, 15) is 4.79 Å². The first-order chi connectivity index (χ1) is 9.13. The number of nitrogens with two attached hydrogens (primary N) is 1. The van der Waals surface area contributed by atoms with Crippen LogP contribution in [-0.4, -0.2) is 43.0 Å². The van der Waals surface area contributed by atoms with E-state index in [1.165, 1.54) is 0 Å². The minimum atomic E-state index is 0.0659. The molecule has 1 saturated heterocycles. The van der Waals surface area contributed by atoms with Crippen molar-refractivity contribution in [3.8, 4) is 0 Å². The molecule has 5 heteroatoms. The van der Waals surface area contributed by atoms with Gasteiger partial charge in [-0.25, -0.2) is 0 Å². The van der Waals surface area contributed by atoms with Gasteiger partial charge in [-0.2, -0.15) is 0 Å². The minimum Gasteiger partial charge on any atom is -0.355 e. The first kappa shape index (κ1) is 14.3. The quantitative estimate of drug-likeness (QED) is 0.848. The summed E-state index contributed by atoms with van der Waals surface area (Å²) in [4.78, 5) is 13.8. The molecule has 0 saturated carbocycles. The predicted octanol–water partition coefficient (Wildman–Crippen LogP) is 1.03. The van der Waals surface area contributed by atoms with Gasteiger partial charge >= 0.3 is 0 Å². The number of nitrogens with one attached hydrogen (secondary N) is 1. The lowest BCUT2D eigenvalue weighted by Crippen LogP contribution is -2.38. The number of halogens is 1. The Morgan fingerprint density at radius 3 is 3.05 bits per heavy atom. The van der Waals surface area contributed by atoms with E-state index in [4.69, 9.17) is 17.3 Å². The second-order valence-electron chi connectivity index (χ2n) is 5.01. The van der Waals surface area contributed by atoms with Gasteiger partial charge in [-0.3, -0.25) is 9.69 Å². The molecular formula is C14H20ClN3O. The highest BCUT2D eigenvalue weighted by atomic mass is 35.5. The van der Waals surface area contributed by atoms with Crippen molar-refractivity contribution in [2.45, 2.75) is 18.9 Å². The lowest BCUT2D eigenvalue weighted by atomic mass is 10.1. The average Bonchev–Trinajstić information content (AvgIpc) is 2.75. The van der Waals surface area contributed by atoms with Crippen molar-refractivity contribution in [3.05, 3.63) is 34.9 Å². The number of benzene rings is 1. The lowest BCUT2D eigenvalue weighted by molar-refractivity contribution is -0.121. The first-order valence-electron chi connectivity index (χ1n) is 6.62. The second-order valence-corrected chi connectivity index (χ2v) is 5.45. The molecule has 1 amide bonds. The van der Waals surface area contributed by atoms with E-state index in [2.05, 4.69) is 10.2 Å². The van der Waals surface area contributed by atoms with Gasteiger partial charge in [0.05, 0.1) is 6.54 Å². The van der Waals surface area contributed by atoms with Crippen LogP contribution in [0.3, 0.4) is 0 Å². The Bertz CT molecular complexity index is 438. The third kappa shape index (κ3) is 4.82. The highest BCUT2D eigenvalue weighted by Crippen LogP contribution is 2.10. The fraction of sp³-hybridized carbons (Fsp3) is 0.500. The van der Waals surface area contributed by atoms with Gasteiger partial charge in [0.15, 0.2) is 0 Å². The zero-order valence-corrected chi connectivity index (χ0v) is 11.7. The summed E-state index contributed by atoms with van der Waals surface area (Å²) in [5, 5.41) is 3.66. The maximum atomic E-state index is 11.7. The summed E-state index contributed by atoms with van der Waals surface area (Å²) in [5.74, 6) is 0.0659. The summed E-state index contributed by atoms with van der Waals surface area (Å²) in [6, 6.07) is 7.93. The molecule has 19 heavy (non-hydrogen) atoms. The molecule has 0 aromatic heterocycles. The SMILES string of the molecule is N[C@@H]1CCN(CC(=O)NCCc2cccc(Cl)c2)C1. The van der Waals surface area contributed by atoms with E-state index in [0.29, 0.717) is 13.1 Å². The normalized spacial score (nSPS) is 19.6. The van der Waals surface area contributed by atoms with Crippen LogP contribution in [0, 0.1) is 0 Å². The lowest BCUT2D eigenvalue weighted by Gasteiger charge is -2.14. The first-order valence-corrected chi connectivity index (χ1v) is 7.00. The van der Waals surface area contributed by atoms with Gasteiger partial charge in [-0.1, -0.05) is 23.7 Å². The number of rotatable bonds is 5. The molecule has 0 aliphatic carbocycles. The van der Waals surface area contributed by atoms with E-state index in [0.717, 1.165) is 36.5 Å². The average molecular weight is 282 g/mol. The fourth-order valence-corrected chi connectivity index (χ4v) is 2.52. The predicted molar refractivity (Wildman–Crippen MR) is 77.2 cm³/mol. The molecule has 1 aliphatic rings. The smallest absolute Gasteiger partial charge is 0.234 e. The Balaban J connectivity index is 1.66. The molecule has 0 bridgehead atoms. The molecular weight excluding hydrogens is 262 g/mol. The number of hydrogen-bond donors (Lipinski definition) is 2. The van der Waals surface area contributed by atoms with Crippen LogP contribution in [0.25, 0.3) is 0 Å². The molecule has 104 valence electrons. The third-order valence-electron chi connectivity index (χ3n) is 3.30. The van der Waals surface area contributed by atoms with Crippen LogP contribution in [0.5, 0.6) is 0 Å². The van der Waals surface area contributed by atoms with E-state index in [1.807, 2.05) is 24.3 Å². The van der Waals surface area contributed by atoms with Crippen LogP contribution in [-0.2, 0) is 11.2 Å². The Hall–Kier alpha value is -1.10. The molecule has 1 aromatic rings. The Morgan fingerprint density at radius 2 is 2.37 bits per heavy atom. The van der Waals surface area contributed by atoms with Crippen LogP contribution in [0.4, 0.5) is 0 Å². The zero-order chi connectivity index (χ0) is 13.7. The number of likely N-dealkylation sites (tertiary alicyclic amines) is 1. The van der Waals surface area contributed by atoms with E-state index < -0.39 is 0 Å². The molecule has 1 fully saturated rings. The molecule has 4 nitrogen and oxygen atoms in total. The summed E-state index contributed by atoms with van der Waals surface area (Å²) >= 11 is 5.91. The monoisotopic (exact) mass is 281 g/mol. The van der Waals surface area contributed by atoms with Gasteiger partial charge in [0.25, 0.3) is 0 Å². The van der Waals surface area contributed by atoms with Crippen LogP contribution < -0.4 is 11.1 Å².